The fourth-order valence-corrected chi connectivity index (χ4v) is 3.47. The summed E-state index contributed by atoms with van der Waals surface area (Å²) in [6, 6.07) is 13.5. The number of carbonyl (C=O) groups excluding carboxylic acids is 1. The van der Waals surface area contributed by atoms with Crippen LogP contribution in [0.1, 0.15) is 41.6 Å². The van der Waals surface area contributed by atoms with Crippen LogP contribution in [0, 0.1) is 11.7 Å². The molecule has 1 amide bonds. The number of aliphatic hydroxyl groups is 1. The molecule has 150 valence electrons. The van der Waals surface area contributed by atoms with Crippen LogP contribution in [0.25, 0.3) is 0 Å². The number of phenols is 1. The van der Waals surface area contributed by atoms with E-state index >= 15 is 0 Å². The van der Waals surface area contributed by atoms with Gasteiger partial charge in [-0.05, 0) is 55.4 Å². The smallest absolute Gasteiger partial charge is 0.251 e. The summed E-state index contributed by atoms with van der Waals surface area (Å²) in [6.45, 7) is 1.36. The molecule has 3 N–H and O–H groups in total. The lowest BCUT2D eigenvalue weighted by Gasteiger charge is -2.36. The Morgan fingerprint density at radius 3 is 2.57 bits per heavy atom. The summed E-state index contributed by atoms with van der Waals surface area (Å²) in [7, 11) is 0. The fourth-order valence-electron chi connectivity index (χ4n) is 3.47. The first-order chi connectivity index (χ1) is 13.5. The Hall–Kier alpha value is -2.44. The molecular formula is C22H26FNO4. The lowest BCUT2D eigenvalue weighted by Crippen LogP contribution is -2.45. The molecule has 0 aliphatic heterocycles. The van der Waals surface area contributed by atoms with Crippen LogP contribution in [-0.2, 0) is 11.3 Å². The minimum absolute atomic E-state index is 0.113. The lowest BCUT2D eigenvalue weighted by molar-refractivity contribution is -0.0238. The number of ether oxygens (including phenoxy) is 1. The molecular weight excluding hydrogens is 361 g/mol. The molecule has 1 aliphatic rings. The zero-order chi connectivity index (χ0) is 20.0. The predicted molar refractivity (Wildman–Crippen MR) is 103 cm³/mol. The number of amides is 1. The molecule has 0 saturated heterocycles. The van der Waals surface area contributed by atoms with E-state index in [1.807, 2.05) is 30.3 Å². The number of aromatic hydroxyl groups is 1. The van der Waals surface area contributed by atoms with Gasteiger partial charge in [0.25, 0.3) is 5.91 Å². The van der Waals surface area contributed by atoms with Crippen molar-refractivity contribution in [3.63, 3.8) is 0 Å². The highest BCUT2D eigenvalue weighted by Gasteiger charge is 2.33. The van der Waals surface area contributed by atoms with E-state index in [4.69, 9.17) is 4.74 Å². The second kappa shape index (κ2) is 9.17. The predicted octanol–water partition coefficient (Wildman–Crippen LogP) is 3.40. The maximum atomic E-state index is 13.4. The molecule has 3 rings (SSSR count). The van der Waals surface area contributed by atoms with Crippen LogP contribution in [0.5, 0.6) is 5.75 Å². The zero-order valence-corrected chi connectivity index (χ0v) is 15.7. The van der Waals surface area contributed by atoms with Crippen molar-refractivity contribution < 1.29 is 24.1 Å². The van der Waals surface area contributed by atoms with Gasteiger partial charge in [-0.2, -0.15) is 0 Å². The number of benzene rings is 2. The van der Waals surface area contributed by atoms with E-state index in [0.29, 0.717) is 32.0 Å². The summed E-state index contributed by atoms with van der Waals surface area (Å²) in [6.07, 6.45) is 2.82. The van der Waals surface area contributed by atoms with Crippen molar-refractivity contribution in [1.82, 2.24) is 5.32 Å². The topological polar surface area (TPSA) is 78.8 Å². The molecule has 0 atom stereocenters. The Kier molecular flexibility index (Phi) is 6.65. The van der Waals surface area contributed by atoms with Crippen LogP contribution in [0.3, 0.4) is 0 Å². The highest BCUT2D eigenvalue weighted by Crippen LogP contribution is 2.32. The number of halogens is 1. The molecule has 0 heterocycles. The standard InChI is InChI=1S/C22H26FNO4/c23-19-12-18(6-7-20(19)25)21(26)24-15-22(27)10-8-17(9-11-22)14-28-13-16-4-2-1-3-5-16/h1-7,12,17,25,27H,8-11,13-15H2,(H,24,26)/t17-,22+. The van der Waals surface area contributed by atoms with Gasteiger partial charge in [0.2, 0.25) is 0 Å². The van der Waals surface area contributed by atoms with Crippen molar-refractivity contribution in [2.45, 2.75) is 37.9 Å². The summed E-state index contributed by atoms with van der Waals surface area (Å²) >= 11 is 0. The molecule has 1 fully saturated rings. The highest BCUT2D eigenvalue weighted by molar-refractivity contribution is 5.94. The van der Waals surface area contributed by atoms with Gasteiger partial charge in [0, 0.05) is 18.7 Å². The first-order valence-electron chi connectivity index (χ1n) is 9.56. The summed E-state index contributed by atoms with van der Waals surface area (Å²) in [5.74, 6) is -1.42. The van der Waals surface area contributed by atoms with E-state index in [2.05, 4.69) is 5.32 Å². The summed E-state index contributed by atoms with van der Waals surface area (Å²) in [4.78, 5) is 12.1. The van der Waals surface area contributed by atoms with Gasteiger partial charge in [-0.3, -0.25) is 4.79 Å². The highest BCUT2D eigenvalue weighted by atomic mass is 19.1. The van der Waals surface area contributed by atoms with Gasteiger partial charge in [-0.25, -0.2) is 4.39 Å². The van der Waals surface area contributed by atoms with Crippen LogP contribution >= 0.6 is 0 Å². The molecule has 0 unspecified atom stereocenters. The third-order valence-corrected chi connectivity index (χ3v) is 5.29. The van der Waals surface area contributed by atoms with Gasteiger partial charge in [-0.15, -0.1) is 0 Å². The van der Waals surface area contributed by atoms with Crippen molar-refractivity contribution in [2.24, 2.45) is 5.92 Å². The molecule has 28 heavy (non-hydrogen) atoms. The second-order valence-corrected chi connectivity index (χ2v) is 7.52. The molecule has 6 heteroatoms. The number of hydrogen-bond acceptors (Lipinski definition) is 4. The molecule has 2 aromatic rings. The Balaban J connectivity index is 1.40. The van der Waals surface area contributed by atoms with Gasteiger partial charge in [0.15, 0.2) is 11.6 Å². The SMILES string of the molecule is O=C(NC[C@]1(O)CC[C@@H](COCc2ccccc2)CC1)c1ccc(O)c(F)c1. The van der Waals surface area contributed by atoms with Crippen LogP contribution < -0.4 is 5.32 Å². The molecule has 0 radical (unpaired) electrons. The number of rotatable bonds is 7. The van der Waals surface area contributed by atoms with Crippen molar-refractivity contribution >= 4 is 5.91 Å². The van der Waals surface area contributed by atoms with Crippen LogP contribution in [-0.4, -0.2) is 34.9 Å². The largest absolute Gasteiger partial charge is 0.505 e. The summed E-state index contributed by atoms with van der Waals surface area (Å²) in [5.41, 5.74) is 0.297. The van der Waals surface area contributed by atoms with Crippen molar-refractivity contribution in [3.05, 3.63) is 65.5 Å². The van der Waals surface area contributed by atoms with E-state index in [9.17, 15) is 19.4 Å². The van der Waals surface area contributed by atoms with Gasteiger partial charge in [0.1, 0.15) is 0 Å². The van der Waals surface area contributed by atoms with Gasteiger partial charge in [0.05, 0.1) is 12.2 Å². The molecule has 0 spiro atoms. The Morgan fingerprint density at radius 2 is 1.89 bits per heavy atom. The number of phenolic OH excluding ortho intramolecular Hbond substituents is 1. The van der Waals surface area contributed by atoms with Crippen LogP contribution in [0.2, 0.25) is 0 Å². The Morgan fingerprint density at radius 1 is 1.18 bits per heavy atom. The minimum atomic E-state index is -0.957. The lowest BCUT2D eigenvalue weighted by atomic mass is 9.79. The quantitative estimate of drug-likeness (QED) is 0.680. The van der Waals surface area contributed by atoms with Gasteiger partial charge in [-0.1, -0.05) is 30.3 Å². The second-order valence-electron chi connectivity index (χ2n) is 7.52. The third kappa shape index (κ3) is 5.53. The summed E-state index contributed by atoms with van der Waals surface area (Å²) < 4.78 is 19.2. The normalized spacial score (nSPS) is 22.0. The first kappa shape index (κ1) is 20.3. The van der Waals surface area contributed by atoms with E-state index in [1.165, 1.54) is 6.07 Å². The van der Waals surface area contributed by atoms with Gasteiger partial charge < -0.3 is 20.3 Å². The molecule has 1 saturated carbocycles. The Labute approximate surface area is 164 Å². The van der Waals surface area contributed by atoms with Crippen LogP contribution in [0.4, 0.5) is 4.39 Å². The third-order valence-electron chi connectivity index (χ3n) is 5.29. The average molecular weight is 387 g/mol. The fraction of sp³-hybridized carbons (Fsp3) is 0.409. The molecule has 2 aromatic carbocycles. The van der Waals surface area contributed by atoms with E-state index in [-0.39, 0.29) is 12.1 Å². The maximum absolute atomic E-state index is 13.4. The van der Waals surface area contributed by atoms with Crippen molar-refractivity contribution in [3.8, 4) is 5.75 Å². The van der Waals surface area contributed by atoms with E-state index < -0.39 is 23.1 Å². The summed E-state index contributed by atoms with van der Waals surface area (Å²) in [5, 5.41) is 22.6. The monoisotopic (exact) mass is 387 g/mol. The molecule has 1 aliphatic carbocycles. The van der Waals surface area contributed by atoms with E-state index in [1.54, 1.807) is 0 Å². The van der Waals surface area contributed by atoms with Crippen LogP contribution in [0.15, 0.2) is 48.5 Å². The van der Waals surface area contributed by atoms with Crippen molar-refractivity contribution in [2.75, 3.05) is 13.2 Å². The number of hydrogen-bond donors (Lipinski definition) is 3. The molecule has 5 nitrogen and oxygen atoms in total. The molecule has 0 bridgehead atoms. The maximum Gasteiger partial charge on any atom is 0.251 e. The van der Waals surface area contributed by atoms with Gasteiger partial charge >= 0.3 is 0 Å². The average Bonchev–Trinajstić information content (AvgIpc) is 2.71. The Bertz CT molecular complexity index is 788. The minimum Gasteiger partial charge on any atom is -0.505 e. The number of carbonyl (C=O) groups is 1. The molecule has 0 aromatic heterocycles. The zero-order valence-electron chi connectivity index (χ0n) is 15.7. The van der Waals surface area contributed by atoms with E-state index in [0.717, 1.165) is 30.5 Å². The van der Waals surface area contributed by atoms with Crippen molar-refractivity contribution in [1.29, 1.82) is 0 Å². The number of nitrogens with one attached hydrogen (secondary N) is 1. The first-order valence-corrected chi connectivity index (χ1v) is 9.56.